The number of rotatable bonds is 8. The van der Waals surface area contributed by atoms with E-state index < -0.39 is 0 Å². The fourth-order valence-corrected chi connectivity index (χ4v) is 5.35. The average molecular weight is 566 g/mol. The summed E-state index contributed by atoms with van der Waals surface area (Å²) in [6, 6.07) is 10.2. The number of hydrogen-bond donors (Lipinski definition) is 2. The molecular weight excluding hydrogens is 535 g/mol. The summed E-state index contributed by atoms with van der Waals surface area (Å²) in [7, 11) is 0. The Morgan fingerprint density at radius 2 is 1.92 bits per heavy atom. The molecule has 2 N–H and O–H groups in total. The highest BCUT2D eigenvalue weighted by molar-refractivity contribution is 6.35. The predicted molar refractivity (Wildman–Crippen MR) is 153 cm³/mol. The highest BCUT2D eigenvalue weighted by Crippen LogP contribution is 2.40. The number of furan rings is 1. The Morgan fingerprint density at radius 3 is 2.73 bits per heavy atom. The van der Waals surface area contributed by atoms with E-state index in [1.807, 2.05) is 30.3 Å². The maximum atomic E-state index is 6.55. The Kier molecular flexibility index (Phi) is 9.24. The zero-order valence-corrected chi connectivity index (χ0v) is 22.8. The molecule has 2 aromatic carbocycles. The number of fused-ring (bicyclic) bond motifs is 2. The molecule has 7 nitrogen and oxygen atoms in total. The van der Waals surface area contributed by atoms with Crippen LogP contribution in [0, 0.1) is 0 Å². The van der Waals surface area contributed by atoms with Gasteiger partial charge in [-0.3, -0.25) is 0 Å². The van der Waals surface area contributed by atoms with Crippen LogP contribution in [-0.2, 0) is 0 Å². The van der Waals surface area contributed by atoms with Gasteiger partial charge in [0.2, 0.25) is 0 Å². The molecule has 1 saturated heterocycles. The van der Waals surface area contributed by atoms with Crippen molar-refractivity contribution in [2.45, 2.75) is 57.1 Å². The van der Waals surface area contributed by atoms with Crippen molar-refractivity contribution in [1.29, 1.82) is 0 Å². The third-order valence-electron chi connectivity index (χ3n) is 6.98. The summed E-state index contributed by atoms with van der Waals surface area (Å²) in [6.07, 6.45) is 11.3. The van der Waals surface area contributed by atoms with Gasteiger partial charge in [0, 0.05) is 23.6 Å². The minimum absolute atomic E-state index is 0. The molecule has 0 bridgehead atoms. The van der Waals surface area contributed by atoms with Gasteiger partial charge in [0.25, 0.3) is 0 Å². The molecule has 1 unspecified atom stereocenters. The maximum absolute atomic E-state index is 6.55. The Morgan fingerprint density at radius 1 is 1.05 bits per heavy atom. The molecule has 1 aliphatic carbocycles. The van der Waals surface area contributed by atoms with E-state index in [2.05, 4.69) is 20.6 Å². The molecule has 4 aromatic rings. The highest BCUT2D eigenvalue weighted by Gasteiger charge is 2.22. The monoisotopic (exact) mass is 564 g/mol. The number of halogens is 3. The summed E-state index contributed by atoms with van der Waals surface area (Å²) >= 11 is 6.55. The molecule has 0 spiro atoms. The molecule has 6 rings (SSSR count). The molecule has 2 aromatic heterocycles. The zero-order chi connectivity index (χ0) is 23.6. The molecule has 0 radical (unpaired) electrons. The molecule has 3 heterocycles. The summed E-state index contributed by atoms with van der Waals surface area (Å²) in [6.45, 7) is 1.75. The van der Waals surface area contributed by atoms with Gasteiger partial charge in [-0.05, 0) is 69.7 Å². The fraction of sp³-hybridized carbons (Fsp3) is 0.407. The van der Waals surface area contributed by atoms with Crippen molar-refractivity contribution < 1.29 is 13.9 Å². The van der Waals surface area contributed by atoms with E-state index >= 15 is 0 Å². The Balaban J connectivity index is 0.00000160. The minimum Gasteiger partial charge on any atom is -0.493 e. The first-order chi connectivity index (χ1) is 17.2. The van der Waals surface area contributed by atoms with Crippen molar-refractivity contribution in [3.63, 3.8) is 0 Å². The van der Waals surface area contributed by atoms with Crippen molar-refractivity contribution >= 4 is 69.8 Å². The summed E-state index contributed by atoms with van der Waals surface area (Å²) in [5.41, 5.74) is 2.11. The van der Waals surface area contributed by atoms with Crippen LogP contribution in [0.1, 0.15) is 44.9 Å². The largest absolute Gasteiger partial charge is 0.493 e. The van der Waals surface area contributed by atoms with E-state index in [1.54, 1.807) is 12.6 Å². The third kappa shape index (κ3) is 6.01. The molecule has 37 heavy (non-hydrogen) atoms. The quantitative estimate of drug-likeness (QED) is 0.229. The average Bonchev–Trinajstić information content (AvgIpc) is 3.64. The Bertz CT molecular complexity index is 1340. The first-order valence-electron chi connectivity index (χ1n) is 12.5. The van der Waals surface area contributed by atoms with Crippen LogP contribution in [0.5, 0.6) is 11.5 Å². The number of nitrogens with zero attached hydrogens (tertiary/aromatic N) is 2. The van der Waals surface area contributed by atoms with Gasteiger partial charge in [0.15, 0.2) is 5.58 Å². The van der Waals surface area contributed by atoms with Crippen LogP contribution in [0.2, 0.25) is 5.02 Å². The van der Waals surface area contributed by atoms with Gasteiger partial charge >= 0.3 is 0 Å². The van der Waals surface area contributed by atoms with Crippen LogP contribution in [0.25, 0.3) is 21.9 Å². The van der Waals surface area contributed by atoms with Crippen molar-refractivity contribution in [1.82, 2.24) is 15.3 Å². The summed E-state index contributed by atoms with van der Waals surface area (Å²) < 4.78 is 18.4. The van der Waals surface area contributed by atoms with Gasteiger partial charge < -0.3 is 24.5 Å². The molecule has 2 fully saturated rings. The van der Waals surface area contributed by atoms with Crippen LogP contribution in [-0.4, -0.2) is 35.3 Å². The Labute approximate surface area is 233 Å². The lowest BCUT2D eigenvalue weighted by atomic mass is 10.1. The SMILES string of the molecule is Cl.Cl.Clc1ccc2ccoc2c1Nc1ncnc2cc(OCCC3CCCN3)cc(OC3CCCC3)c12. The predicted octanol–water partition coefficient (Wildman–Crippen LogP) is 7.46. The van der Waals surface area contributed by atoms with E-state index in [1.165, 1.54) is 25.7 Å². The van der Waals surface area contributed by atoms with Gasteiger partial charge in [-0.1, -0.05) is 11.6 Å². The smallest absolute Gasteiger partial charge is 0.158 e. The van der Waals surface area contributed by atoms with Crippen LogP contribution < -0.4 is 20.1 Å². The number of hydrogen-bond acceptors (Lipinski definition) is 7. The minimum atomic E-state index is 0. The Hall–Kier alpha value is -2.45. The summed E-state index contributed by atoms with van der Waals surface area (Å²) in [5.74, 6) is 2.11. The zero-order valence-electron chi connectivity index (χ0n) is 20.4. The normalized spacial score (nSPS) is 17.5. The summed E-state index contributed by atoms with van der Waals surface area (Å²) in [4.78, 5) is 9.12. The van der Waals surface area contributed by atoms with E-state index in [9.17, 15) is 0 Å². The van der Waals surface area contributed by atoms with Crippen LogP contribution >= 0.6 is 36.4 Å². The molecule has 10 heteroatoms. The molecule has 0 amide bonds. The molecule has 1 aliphatic heterocycles. The molecule has 1 saturated carbocycles. The molecule has 2 aliphatic rings. The molecular formula is C27H31Cl3N4O3. The van der Waals surface area contributed by atoms with Gasteiger partial charge in [-0.15, -0.1) is 24.8 Å². The van der Waals surface area contributed by atoms with Crippen LogP contribution in [0.3, 0.4) is 0 Å². The number of ether oxygens (including phenoxy) is 2. The second-order valence-electron chi connectivity index (χ2n) is 9.38. The van der Waals surface area contributed by atoms with Gasteiger partial charge in [-0.25, -0.2) is 9.97 Å². The summed E-state index contributed by atoms with van der Waals surface area (Å²) in [5, 5.41) is 9.26. The number of anilines is 2. The first kappa shape index (κ1) is 27.6. The second-order valence-corrected chi connectivity index (χ2v) is 9.79. The maximum Gasteiger partial charge on any atom is 0.158 e. The molecule has 1 atom stereocenters. The number of aromatic nitrogens is 2. The first-order valence-corrected chi connectivity index (χ1v) is 12.9. The van der Waals surface area contributed by atoms with E-state index in [-0.39, 0.29) is 30.9 Å². The van der Waals surface area contributed by atoms with Crippen molar-refractivity contribution in [2.24, 2.45) is 0 Å². The molecule has 198 valence electrons. The number of nitrogens with one attached hydrogen (secondary N) is 2. The topological polar surface area (TPSA) is 81.4 Å². The second kappa shape index (κ2) is 12.4. The van der Waals surface area contributed by atoms with E-state index in [0.717, 1.165) is 53.6 Å². The number of benzene rings is 2. The lowest BCUT2D eigenvalue weighted by molar-refractivity contribution is 0.211. The van der Waals surface area contributed by atoms with Crippen molar-refractivity contribution in [2.75, 3.05) is 18.5 Å². The van der Waals surface area contributed by atoms with Crippen molar-refractivity contribution in [3.8, 4) is 11.5 Å². The lowest BCUT2D eigenvalue weighted by Crippen LogP contribution is -2.23. The van der Waals surface area contributed by atoms with Gasteiger partial charge in [-0.2, -0.15) is 0 Å². The van der Waals surface area contributed by atoms with Crippen LogP contribution in [0.15, 0.2) is 47.3 Å². The van der Waals surface area contributed by atoms with E-state index in [0.29, 0.717) is 34.8 Å². The standard InChI is InChI=1S/C27H29ClN4O3.2ClH/c28-21-8-7-17-9-12-34-26(17)25(21)32-27-24-22(30-16-31-27)14-20(33-13-10-18-4-3-11-29-18)15-23(24)35-19-5-1-2-6-19;;/h7-9,12,14-16,18-19,29H,1-6,10-11,13H2,(H,30,31,32);2*1H. The van der Waals surface area contributed by atoms with Crippen LogP contribution in [0.4, 0.5) is 11.5 Å². The van der Waals surface area contributed by atoms with E-state index in [4.69, 9.17) is 25.5 Å². The lowest BCUT2D eigenvalue weighted by Gasteiger charge is -2.19. The van der Waals surface area contributed by atoms with Gasteiger partial charge in [0.05, 0.1) is 34.9 Å². The van der Waals surface area contributed by atoms with Crippen molar-refractivity contribution in [3.05, 3.63) is 47.9 Å². The highest BCUT2D eigenvalue weighted by atomic mass is 35.5. The third-order valence-corrected chi connectivity index (χ3v) is 7.30. The fourth-order valence-electron chi connectivity index (χ4n) is 5.15. The van der Waals surface area contributed by atoms with Gasteiger partial charge in [0.1, 0.15) is 29.3 Å².